The van der Waals surface area contributed by atoms with Crippen LogP contribution >= 0.6 is 11.6 Å². The molecule has 2 heterocycles. The van der Waals surface area contributed by atoms with Crippen LogP contribution in [-0.2, 0) is 13.0 Å². The Bertz CT molecular complexity index is 1090. The highest BCUT2D eigenvalue weighted by atomic mass is 35.5. The number of nitrogens with zero attached hydrogens (tertiary/aromatic N) is 1. The molecule has 2 aromatic carbocycles. The molecule has 1 aliphatic heterocycles. The van der Waals surface area contributed by atoms with Crippen molar-refractivity contribution in [3.05, 3.63) is 81.4 Å². The number of halogens is 2. The summed E-state index contributed by atoms with van der Waals surface area (Å²) in [6.45, 7) is 2.46. The molecule has 1 N–H and O–H groups in total. The number of aromatic amines is 1. The van der Waals surface area contributed by atoms with Crippen molar-refractivity contribution in [2.24, 2.45) is 4.99 Å². The number of fused-ring (bicyclic) bond motifs is 3. The quantitative estimate of drug-likeness (QED) is 0.598. The number of aryl methyl sites for hydroxylation is 1. The van der Waals surface area contributed by atoms with Crippen molar-refractivity contribution in [3.8, 4) is 23.5 Å². The van der Waals surface area contributed by atoms with E-state index < -0.39 is 0 Å². The zero-order chi connectivity index (χ0) is 18.3. The summed E-state index contributed by atoms with van der Waals surface area (Å²) >= 11 is 6.26. The summed E-state index contributed by atoms with van der Waals surface area (Å²) in [4.78, 5) is 8.15. The topological polar surface area (TPSA) is 28.1 Å². The molecule has 2 nitrogen and oxygen atoms in total. The Morgan fingerprint density at radius 1 is 1.19 bits per heavy atom. The molecule has 1 aliphatic rings. The number of rotatable bonds is 2. The fourth-order valence-electron chi connectivity index (χ4n) is 3.59. The van der Waals surface area contributed by atoms with Crippen LogP contribution in [0.4, 0.5) is 4.39 Å². The highest BCUT2D eigenvalue weighted by Crippen LogP contribution is 2.38. The molecule has 0 fully saturated rings. The van der Waals surface area contributed by atoms with E-state index in [1.807, 2.05) is 31.2 Å². The van der Waals surface area contributed by atoms with Crippen LogP contribution in [0, 0.1) is 25.1 Å². The van der Waals surface area contributed by atoms with Crippen LogP contribution in [-0.4, -0.2) is 10.7 Å². The Labute approximate surface area is 156 Å². The van der Waals surface area contributed by atoms with Gasteiger partial charge in [0.25, 0.3) is 0 Å². The van der Waals surface area contributed by atoms with E-state index in [2.05, 4.69) is 10.9 Å². The number of nitrogens with one attached hydrogen (secondary N) is 1. The normalized spacial score (nSPS) is 12.6. The van der Waals surface area contributed by atoms with Crippen molar-refractivity contribution < 1.29 is 4.39 Å². The van der Waals surface area contributed by atoms with Crippen LogP contribution in [0.3, 0.4) is 0 Å². The number of terminal acetylenes is 1. The fourth-order valence-corrected chi connectivity index (χ4v) is 3.76. The molecule has 128 valence electrons. The van der Waals surface area contributed by atoms with Gasteiger partial charge >= 0.3 is 0 Å². The van der Waals surface area contributed by atoms with Gasteiger partial charge in [-0.15, -0.1) is 12.3 Å². The summed E-state index contributed by atoms with van der Waals surface area (Å²) in [5.41, 5.74) is 7.06. The van der Waals surface area contributed by atoms with Crippen LogP contribution in [0.5, 0.6) is 0 Å². The summed E-state index contributed by atoms with van der Waals surface area (Å²) in [7, 11) is 0. The Kier molecular flexibility index (Phi) is 4.14. The minimum Gasteiger partial charge on any atom is -0.361 e. The molecule has 0 saturated heterocycles. The molecule has 0 bridgehead atoms. The summed E-state index contributed by atoms with van der Waals surface area (Å²) in [6, 6.07) is 12.4. The molecule has 0 atom stereocenters. The summed E-state index contributed by atoms with van der Waals surface area (Å²) in [5.74, 6) is 2.39. The maximum absolute atomic E-state index is 14.5. The zero-order valence-corrected chi connectivity index (χ0v) is 15.0. The fraction of sp³-hybridized carbons (Fsp3) is 0.136. The highest BCUT2D eigenvalue weighted by molar-refractivity contribution is 6.31. The van der Waals surface area contributed by atoms with Gasteiger partial charge in [0.15, 0.2) is 0 Å². The molecule has 1 aromatic heterocycles. The van der Waals surface area contributed by atoms with Crippen molar-refractivity contribution in [3.63, 3.8) is 0 Å². The number of benzene rings is 2. The number of hydrogen-bond donors (Lipinski definition) is 1. The molecule has 0 radical (unpaired) electrons. The minimum atomic E-state index is -0.300. The smallest absolute Gasteiger partial charge is 0.132 e. The van der Waals surface area contributed by atoms with Crippen LogP contribution in [0.15, 0.2) is 47.5 Å². The van der Waals surface area contributed by atoms with E-state index in [1.54, 1.807) is 12.1 Å². The molecule has 0 amide bonds. The summed E-state index contributed by atoms with van der Waals surface area (Å²) in [6.07, 6.45) is 6.03. The van der Waals surface area contributed by atoms with Crippen LogP contribution < -0.4 is 0 Å². The van der Waals surface area contributed by atoms with Gasteiger partial charge in [0.2, 0.25) is 0 Å². The average molecular weight is 363 g/mol. The largest absolute Gasteiger partial charge is 0.361 e. The van der Waals surface area contributed by atoms with Gasteiger partial charge in [-0.25, -0.2) is 4.39 Å². The van der Waals surface area contributed by atoms with Gasteiger partial charge in [-0.2, -0.15) is 0 Å². The summed E-state index contributed by atoms with van der Waals surface area (Å²) < 4.78 is 14.5. The van der Waals surface area contributed by atoms with Gasteiger partial charge in [0.1, 0.15) is 5.82 Å². The molecule has 4 rings (SSSR count). The maximum Gasteiger partial charge on any atom is 0.132 e. The highest BCUT2D eigenvalue weighted by Gasteiger charge is 2.25. The van der Waals surface area contributed by atoms with Crippen LogP contribution in [0.25, 0.3) is 11.1 Å². The Hall–Kier alpha value is -2.83. The average Bonchev–Trinajstić information content (AvgIpc) is 2.83. The van der Waals surface area contributed by atoms with Gasteiger partial charge in [0.05, 0.1) is 12.3 Å². The van der Waals surface area contributed by atoms with Crippen molar-refractivity contribution in [1.29, 1.82) is 0 Å². The second-order valence-electron chi connectivity index (χ2n) is 6.30. The van der Waals surface area contributed by atoms with Gasteiger partial charge in [0, 0.05) is 45.1 Å². The third-order valence-corrected chi connectivity index (χ3v) is 4.92. The zero-order valence-electron chi connectivity index (χ0n) is 14.2. The third-order valence-electron chi connectivity index (χ3n) is 4.69. The first-order chi connectivity index (χ1) is 12.6. The lowest BCUT2D eigenvalue weighted by atomic mass is 9.92. The van der Waals surface area contributed by atoms with E-state index in [4.69, 9.17) is 23.0 Å². The first kappa shape index (κ1) is 16.6. The van der Waals surface area contributed by atoms with Crippen LogP contribution in [0.2, 0.25) is 5.02 Å². The molecule has 4 heteroatoms. The van der Waals surface area contributed by atoms with Gasteiger partial charge < -0.3 is 4.98 Å². The molecule has 0 aliphatic carbocycles. The van der Waals surface area contributed by atoms with E-state index in [1.165, 1.54) is 6.07 Å². The maximum atomic E-state index is 14.5. The molecular formula is C22H16ClFN2. The Morgan fingerprint density at radius 2 is 2.00 bits per heavy atom. The van der Waals surface area contributed by atoms with E-state index in [0.717, 1.165) is 33.6 Å². The van der Waals surface area contributed by atoms with Crippen LogP contribution in [0.1, 0.15) is 28.1 Å². The first-order valence-corrected chi connectivity index (χ1v) is 8.71. The number of aromatic nitrogens is 1. The predicted octanol–water partition coefficient (Wildman–Crippen LogP) is 5.31. The van der Waals surface area contributed by atoms with E-state index in [9.17, 15) is 4.39 Å². The SMILES string of the molecule is C#CCc1[nH]c(C)c2c1CN=C(c1ccccc1F)c1cc(Cl)ccc1-2. The second kappa shape index (κ2) is 6.48. The Balaban J connectivity index is 2.02. The van der Waals surface area contributed by atoms with Crippen molar-refractivity contribution >= 4 is 17.3 Å². The van der Waals surface area contributed by atoms with Crippen molar-refractivity contribution in [1.82, 2.24) is 4.98 Å². The van der Waals surface area contributed by atoms with E-state index in [0.29, 0.717) is 29.3 Å². The number of aliphatic imine (C=N–C) groups is 1. The standard InChI is InChI=1S/C22H16ClFN2/c1-3-6-20-18-12-25-22(16-7-4-5-8-19(16)24)17-11-14(23)9-10-15(17)21(18)13(2)26-20/h1,4-5,7-11,26H,6,12H2,2H3. The lowest BCUT2D eigenvalue weighted by Gasteiger charge is -2.12. The molecule has 0 spiro atoms. The van der Waals surface area contributed by atoms with E-state index >= 15 is 0 Å². The van der Waals surface area contributed by atoms with Gasteiger partial charge in [-0.1, -0.05) is 29.8 Å². The summed E-state index contributed by atoms with van der Waals surface area (Å²) in [5, 5.41) is 0.591. The molecule has 0 saturated carbocycles. The second-order valence-corrected chi connectivity index (χ2v) is 6.73. The minimum absolute atomic E-state index is 0.300. The van der Waals surface area contributed by atoms with Gasteiger partial charge in [-0.3, -0.25) is 4.99 Å². The lowest BCUT2D eigenvalue weighted by Crippen LogP contribution is -2.07. The lowest BCUT2D eigenvalue weighted by molar-refractivity contribution is 0.625. The number of hydrogen-bond acceptors (Lipinski definition) is 1. The van der Waals surface area contributed by atoms with Crippen molar-refractivity contribution in [2.75, 3.05) is 0 Å². The monoisotopic (exact) mass is 362 g/mol. The predicted molar refractivity (Wildman–Crippen MR) is 104 cm³/mol. The third kappa shape index (κ3) is 2.64. The molecule has 26 heavy (non-hydrogen) atoms. The molecule has 0 unspecified atom stereocenters. The Morgan fingerprint density at radius 3 is 2.77 bits per heavy atom. The van der Waals surface area contributed by atoms with E-state index in [-0.39, 0.29) is 5.82 Å². The first-order valence-electron chi connectivity index (χ1n) is 8.33. The molecular weight excluding hydrogens is 347 g/mol. The molecule has 3 aromatic rings. The number of H-pyrrole nitrogens is 1. The van der Waals surface area contributed by atoms with Crippen molar-refractivity contribution in [2.45, 2.75) is 19.9 Å². The van der Waals surface area contributed by atoms with Gasteiger partial charge in [-0.05, 0) is 36.8 Å².